The Morgan fingerprint density at radius 3 is 2.83 bits per heavy atom. The van der Waals surface area contributed by atoms with E-state index in [1.54, 1.807) is 11.7 Å². The molecule has 2 heterocycles. The van der Waals surface area contributed by atoms with E-state index in [4.69, 9.17) is 0 Å². The van der Waals surface area contributed by atoms with Gasteiger partial charge in [-0.05, 0) is 19.9 Å². The molecule has 0 saturated carbocycles. The lowest BCUT2D eigenvalue weighted by molar-refractivity contribution is -0.131. The van der Waals surface area contributed by atoms with Crippen molar-refractivity contribution in [1.82, 2.24) is 20.0 Å². The van der Waals surface area contributed by atoms with Crippen molar-refractivity contribution in [1.29, 1.82) is 0 Å². The first-order valence-corrected chi connectivity index (χ1v) is 5.65. The van der Waals surface area contributed by atoms with Crippen LogP contribution in [0.25, 0.3) is 0 Å². The highest BCUT2D eigenvalue weighted by molar-refractivity contribution is 5.85. The highest BCUT2D eigenvalue weighted by Gasteiger charge is 2.29. The van der Waals surface area contributed by atoms with Crippen molar-refractivity contribution < 1.29 is 4.79 Å². The molecule has 18 heavy (non-hydrogen) atoms. The topological polar surface area (TPSA) is 50.2 Å². The van der Waals surface area contributed by atoms with Crippen LogP contribution in [0.2, 0.25) is 0 Å². The van der Waals surface area contributed by atoms with Crippen LogP contribution < -0.4 is 5.32 Å². The zero-order valence-corrected chi connectivity index (χ0v) is 12.3. The first-order chi connectivity index (χ1) is 7.72. The Hall–Kier alpha value is -0.780. The van der Waals surface area contributed by atoms with Gasteiger partial charge in [-0.1, -0.05) is 0 Å². The molecule has 0 radical (unpaired) electrons. The average molecular weight is 295 g/mol. The van der Waals surface area contributed by atoms with Crippen LogP contribution in [0.15, 0.2) is 12.4 Å². The summed E-state index contributed by atoms with van der Waals surface area (Å²) in [5, 5.41) is 7.07. The van der Waals surface area contributed by atoms with E-state index in [0.717, 1.165) is 24.9 Å². The molecule has 104 valence electrons. The predicted molar refractivity (Wildman–Crippen MR) is 75.3 cm³/mol. The van der Waals surface area contributed by atoms with E-state index in [-0.39, 0.29) is 36.8 Å². The summed E-state index contributed by atoms with van der Waals surface area (Å²) in [5.74, 6) is 0.175. The van der Waals surface area contributed by atoms with Crippen LogP contribution in [0.5, 0.6) is 0 Å². The molecule has 0 bridgehead atoms. The third-order valence-electron chi connectivity index (χ3n) is 3.01. The third-order valence-corrected chi connectivity index (χ3v) is 3.01. The Balaban J connectivity index is 0.00000144. The molecule has 2 rings (SSSR count). The molecule has 1 unspecified atom stereocenters. The minimum Gasteiger partial charge on any atom is -0.334 e. The minimum absolute atomic E-state index is 0. The van der Waals surface area contributed by atoms with Gasteiger partial charge >= 0.3 is 0 Å². The number of carbonyl (C=O) groups is 1. The molecule has 1 aliphatic heterocycles. The number of nitrogens with one attached hydrogen (secondary N) is 1. The number of rotatable bonds is 3. The van der Waals surface area contributed by atoms with Crippen molar-refractivity contribution in [3.8, 4) is 0 Å². The summed E-state index contributed by atoms with van der Waals surface area (Å²) in [6.45, 7) is 1.27. The van der Waals surface area contributed by atoms with E-state index < -0.39 is 0 Å². The number of likely N-dealkylation sites (tertiary alicyclic amines) is 1. The normalized spacial score (nSPS) is 18.1. The first-order valence-electron chi connectivity index (χ1n) is 5.65. The number of aryl methyl sites for hydroxylation is 1. The van der Waals surface area contributed by atoms with Crippen molar-refractivity contribution in [3.05, 3.63) is 18.0 Å². The Morgan fingerprint density at radius 1 is 1.56 bits per heavy atom. The Bertz CT molecular complexity index is 383. The molecule has 1 saturated heterocycles. The summed E-state index contributed by atoms with van der Waals surface area (Å²) in [7, 11) is 3.70. The number of amides is 1. The van der Waals surface area contributed by atoms with Crippen LogP contribution in [0.4, 0.5) is 0 Å². The van der Waals surface area contributed by atoms with Gasteiger partial charge in [0.25, 0.3) is 0 Å². The number of halogens is 2. The monoisotopic (exact) mass is 294 g/mol. The standard InChI is InChI=1S/C11H18N4O.2ClH/c1-12-7-11(16)15-5-3-4-10(15)9-6-13-14(2)8-9;;/h6,8,10,12H,3-5,7H2,1-2H3;2*1H. The van der Waals surface area contributed by atoms with E-state index >= 15 is 0 Å². The molecule has 0 aliphatic carbocycles. The molecule has 1 N–H and O–H groups in total. The number of nitrogens with zero attached hydrogens (tertiary/aromatic N) is 3. The summed E-state index contributed by atoms with van der Waals surface area (Å²) in [6, 6.07) is 0.217. The molecule has 0 aromatic carbocycles. The molecule has 1 aliphatic rings. The van der Waals surface area contributed by atoms with Crippen LogP contribution >= 0.6 is 24.8 Å². The molecule has 0 spiro atoms. The fourth-order valence-electron chi connectivity index (χ4n) is 2.28. The molecular formula is C11H20Cl2N4O. The summed E-state index contributed by atoms with van der Waals surface area (Å²) in [6.07, 6.45) is 5.97. The van der Waals surface area contributed by atoms with E-state index in [9.17, 15) is 4.79 Å². The Morgan fingerprint density at radius 2 is 2.28 bits per heavy atom. The fraction of sp³-hybridized carbons (Fsp3) is 0.636. The van der Waals surface area contributed by atoms with E-state index in [1.165, 1.54) is 0 Å². The van der Waals surface area contributed by atoms with Gasteiger partial charge in [0, 0.05) is 25.4 Å². The maximum Gasteiger partial charge on any atom is 0.237 e. The summed E-state index contributed by atoms with van der Waals surface area (Å²) < 4.78 is 1.79. The van der Waals surface area contributed by atoms with Gasteiger partial charge in [-0.25, -0.2) is 0 Å². The fourth-order valence-corrected chi connectivity index (χ4v) is 2.28. The zero-order valence-electron chi connectivity index (χ0n) is 10.6. The van der Waals surface area contributed by atoms with Gasteiger partial charge in [0.1, 0.15) is 0 Å². The third kappa shape index (κ3) is 3.60. The van der Waals surface area contributed by atoms with Crippen molar-refractivity contribution in [2.45, 2.75) is 18.9 Å². The van der Waals surface area contributed by atoms with Crippen LogP contribution in [-0.2, 0) is 11.8 Å². The van der Waals surface area contributed by atoms with Crippen LogP contribution in [0.3, 0.4) is 0 Å². The minimum atomic E-state index is 0. The highest BCUT2D eigenvalue weighted by atomic mass is 35.5. The van der Waals surface area contributed by atoms with Gasteiger partial charge in [-0.3, -0.25) is 9.48 Å². The number of aromatic nitrogens is 2. The molecule has 1 amide bonds. The number of likely N-dealkylation sites (N-methyl/N-ethyl adjacent to an activating group) is 1. The van der Waals surface area contributed by atoms with Gasteiger partial charge in [0.05, 0.1) is 18.8 Å². The van der Waals surface area contributed by atoms with E-state index in [1.807, 2.05) is 24.3 Å². The summed E-state index contributed by atoms with van der Waals surface area (Å²) >= 11 is 0. The lowest BCUT2D eigenvalue weighted by Crippen LogP contribution is -2.36. The van der Waals surface area contributed by atoms with Crippen molar-refractivity contribution >= 4 is 30.7 Å². The van der Waals surface area contributed by atoms with Gasteiger partial charge in [-0.2, -0.15) is 5.10 Å². The quantitative estimate of drug-likeness (QED) is 0.910. The van der Waals surface area contributed by atoms with Crippen molar-refractivity contribution in [3.63, 3.8) is 0 Å². The summed E-state index contributed by atoms with van der Waals surface area (Å²) in [4.78, 5) is 13.8. The number of hydrogen-bond donors (Lipinski definition) is 1. The molecule has 1 aromatic heterocycles. The summed E-state index contributed by atoms with van der Waals surface area (Å²) in [5.41, 5.74) is 1.14. The van der Waals surface area contributed by atoms with Crippen LogP contribution in [0, 0.1) is 0 Å². The SMILES string of the molecule is CNCC(=O)N1CCCC1c1cnn(C)c1.Cl.Cl. The smallest absolute Gasteiger partial charge is 0.237 e. The lowest BCUT2D eigenvalue weighted by atomic mass is 10.1. The lowest BCUT2D eigenvalue weighted by Gasteiger charge is -2.23. The van der Waals surface area contributed by atoms with Crippen LogP contribution in [-0.4, -0.2) is 40.7 Å². The Kier molecular flexibility index (Phi) is 7.28. The molecular weight excluding hydrogens is 275 g/mol. The molecule has 1 fully saturated rings. The second-order valence-electron chi connectivity index (χ2n) is 4.22. The molecule has 7 heteroatoms. The molecule has 5 nitrogen and oxygen atoms in total. The Labute approximate surface area is 120 Å². The molecule has 1 atom stereocenters. The second kappa shape index (κ2) is 7.61. The van der Waals surface area contributed by atoms with Gasteiger partial charge in [0.2, 0.25) is 5.91 Å². The van der Waals surface area contributed by atoms with E-state index in [0.29, 0.717) is 6.54 Å². The largest absolute Gasteiger partial charge is 0.334 e. The van der Waals surface area contributed by atoms with Crippen molar-refractivity contribution in [2.24, 2.45) is 7.05 Å². The number of carbonyl (C=O) groups excluding carboxylic acids is 1. The van der Waals surface area contributed by atoms with Gasteiger partial charge in [0.15, 0.2) is 0 Å². The maximum atomic E-state index is 11.9. The van der Waals surface area contributed by atoms with Gasteiger partial charge in [-0.15, -0.1) is 24.8 Å². The molecule has 1 aromatic rings. The van der Waals surface area contributed by atoms with E-state index in [2.05, 4.69) is 10.4 Å². The van der Waals surface area contributed by atoms with Crippen LogP contribution in [0.1, 0.15) is 24.4 Å². The van der Waals surface area contributed by atoms with Gasteiger partial charge < -0.3 is 10.2 Å². The average Bonchev–Trinajstić information content (AvgIpc) is 2.85. The highest BCUT2D eigenvalue weighted by Crippen LogP contribution is 2.31. The first kappa shape index (κ1) is 17.2. The van der Waals surface area contributed by atoms with Crippen molar-refractivity contribution in [2.75, 3.05) is 20.1 Å². The predicted octanol–water partition coefficient (Wildman–Crippen LogP) is 1.15. The zero-order chi connectivity index (χ0) is 11.5. The maximum absolute atomic E-state index is 11.9. The number of hydrogen-bond acceptors (Lipinski definition) is 3. The second-order valence-corrected chi connectivity index (χ2v) is 4.22.